The fraction of sp³-hybridized carbons (Fsp3) is 0.300. The molecular weight excluding hydrogens is 469 g/mol. The number of sulfonamides is 1. The third-order valence-corrected chi connectivity index (χ3v) is 7.35. The van der Waals surface area contributed by atoms with E-state index in [1.165, 1.54) is 0 Å². The van der Waals surface area contributed by atoms with Crippen molar-refractivity contribution in [3.8, 4) is 5.69 Å². The van der Waals surface area contributed by atoms with Crippen molar-refractivity contribution in [2.45, 2.75) is 29.8 Å². The molecular formula is C20H18ClF3N4O3S. The maximum absolute atomic E-state index is 13.0. The van der Waals surface area contributed by atoms with E-state index in [9.17, 15) is 26.7 Å². The van der Waals surface area contributed by atoms with E-state index in [1.807, 2.05) is 0 Å². The van der Waals surface area contributed by atoms with Gasteiger partial charge in [0.25, 0.3) is 0 Å². The van der Waals surface area contributed by atoms with Crippen LogP contribution in [0.5, 0.6) is 0 Å². The van der Waals surface area contributed by atoms with Gasteiger partial charge in [-0.2, -0.15) is 17.9 Å². The van der Waals surface area contributed by atoms with Crippen LogP contribution >= 0.6 is 11.6 Å². The minimum atomic E-state index is -4.65. The Hall–Kier alpha value is -2.47. The van der Waals surface area contributed by atoms with E-state index in [0.29, 0.717) is 35.4 Å². The molecule has 170 valence electrons. The third kappa shape index (κ3) is 4.51. The molecule has 3 aromatic rings. The summed E-state index contributed by atoms with van der Waals surface area (Å²) in [7, 11) is -4.16. The monoisotopic (exact) mass is 486 g/mol. The molecule has 0 spiro atoms. The fourth-order valence-corrected chi connectivity index (χ4v) is 5.43. The van der Waals surface area contributed by atoms with Crippen LogP contribution in [-0.2, 0) is 20.8 Å². The molecule has 1 saturated heterocycles. The Morgan fingerprint density at radius 3 is 2.66 bits per heavy atom. The number of halogens is 4. The third-order valence-electron chi connectivity index (χ3n) is 5.26. The largest absolute Gasteiger partial charge is 0.593 e. The average Bonchev–Trinajstić information content (AvgIpc) is 3.15. The zero-order valence-corrected chi connectivity index (χ0v) is 18.1. The normalized spacial score (nSPS) is 19.6. The van der Waals surface area contributed by atoms with E-state index < -0.39 is 38.6 Å². The highest BCUT2D eigenvalue weighted by Crippen LogP contribution is 2.34. The topological polar surface area (TPSA) is 94.1 Å². The van der Waals surface area contributed by atoms with Crippen molar-refractivity contribution in [2.75, 3.05) is 13.1 Å². The summed E-state index contributed by atoms with van der Waals surface area (Å²) in [5.74, 6) is -0.114. The summed E-state index contributed by atoms with van der Waals surface area (Å²) in [5.41, 5.74) is -1.08. The lowest BCUT2D eigenvalue weighted by Gasteiger charge is -2.33. The van der Waals surface area contributed by atoms with Crippen LogP contribution < -0.4 is 5.69 Å². The van der Waals surface area contributed by atoms with Crippen molar-refractivity contribution in [3.63, 3.8) is 0 Å². The van der Waals surface area contributed by atoms with Crippen LogP contribution in [-0.4, -0.2) is 36.7 Å². The molecule has 1 aromatic heterocycles. The van der Waals surface area contributed by atoms with E-state index in [1.54, 1.807) is 24.3 Å². The van der Waals surface area contributed by atoms with E-state index in [4.69, 9.17) is 11.6 Å². The van der Waals surface area contributed by atoms with E-state index in [0.717, 1.165) is 27.2 Å². The predicted molar refractivity (Wildman–Crippen MR) is 111 cm³/mol. The second-order valence-corrected chi connectivity index (χ2v) is 9.81. The average molecular weight is 487 g/mol. The molecule has 2 aromatic carbocycles. The molecule has 0 bridgehead atoms. The van der Waals surface area contributed by atoms with Crippen molar-refractivity contribution in [3.05, 3.63) is 75.4 Å². The first-order valence-corrected chi connectivity index (χ1v) is 11.5. The van der Waals surface area contributed by atoms with E-state index >= 15 is 0 Å². The zero-order chi connectivity index (χ0) is 23.1. The van der Waals surface area contributed by atoms with Gasteiger partial charge in [-0.05, 0) is 43.2 Å². The highest BCUT2D eigenvalue weighted by atomic mass is 35.5. The summed E-state index contributed by atoms with van der Waals surface area (Å²) in [6.07, 6.45) is -3.62. The standard InChI is InChI=1S/C20H18ClF3N4O3S/c21-15-6-2-7-16(11-15)28-19(29)25-18(26-28)13-4-3-9-27(12-13)32(30,31)17-8-1-5-14(10-17)20(22,23)24/h1-2,5-8,10-11,13H,3-4,9,12H2,(H-,25,26,29,30,31). The van der Waals surface area contributed by atoms with Gasteiger partial charge in [0.1, 0.15) is 5.82 Å². The SMILES string of the molecule is O=c1[nH]c(C2CCCN([S+](=O)([O-])c3cccc(C(F)(F)F)c3)C2)nn1-c1cccc(Cl)c1. The first-order chi connectivity index (χ1) is 15.1. The second-order valence-electron chi connectivity index (χ2n) is 7.43. The van der Waals surface area contributed by atoms with Gasteiger partial charge in [0.05, 0.1) is 17.8 Å². The number of benzene rings is 2. The Kier molecular flexibility index (Phi) is 6.01. The fourth-order valence-electron chi connectivity index (χ4n) is 3.67. The highest BCUT2D eigenvalue weighted by molar-refractivity contribution is 7.95. The van der Waals surface area contributed by atoms with Crippen LogP contribution in [0.2, 0.25) is 5.02 Å². The van der Waals surface area contributed by atoms with Crippen LogP contribution in [0.4, 0.5) is 13.2 Å². The molecule has 0 amide bonds. The molecule has 0 saturated carbocycles. The lowest BCUT2D eigenvalue weighted by Crippen LogP contribution is -2.43. The number of H-pyrrole nitrogens is 1. The number of nitrogens with zero attached hydrogens (tertiary/aromatic N) is 3. The smallest absolute Gasteiger partial charge is 0.416 e. The van der Waals surface area contributed by atoms with Crippen LogP contribution in [0.3, 0.4) is 0 Å². The Bertz CT molecular complexity index is 1240. The van der Waals surface area contributed by atoms with Gasteiger partial charge in [0, 0.05) is 23.6 Å². The van der Waals surface area contributed by atoms with Gasteiger partial charge in [0.15, 0.2) is 15.3 Å². The molecule has 12 heteroatoms. The number of aromatic nitrogens is 3. The van der Waals surface area contributed by atoms with Gasteiger partial charge < -0.3 is 4.55 Å². The van der Waals surface area contributed by atoms with Gasteiger partial charge >= 0.3 is 11.9 Å². The van der Waals surface area contributed by atoms with Gasteiger partial charge in [-0.15, -0.1) is 9.40 Å². The van der Waals surface area contributed by atoms with Crippen molar-refractivity contribution in [1.29, 1.82) is 0 Å². The lowest BCUT2D eigenvalue weighted by atomic mass is 9.99. The van der Waals surface area contributed by atoms with Crippen LogP contribution in [0.1, 0.15) is 30.1 Å². The van der Waals surface area contributed by atoms with Crippen LogP contribution in [0.25, 0.3) is 5.69 Å². The molecule has 4 rings (SSSR count). The van der Waals surface area contributed by atoms with Gasteiger partial charge in [0.2, 0.25) is 0 Å². The highest BCUT2D eigenvalue weighted by Gasteiger charge is 2.38. The summed E-state index contributed by atoms with van der Waals surface area (Å²) in [5, 5.41) is 4.73. The van der Waals surface area contributed by atoms with Crippen LogP contribution in [0.15, 0.2) is 58.2 Å². The first-order valence-electron chi connectivity index (χ1n) is 9.68. The lowest BCUT2D eigenvalue weighted by molar-refractivity contribution is -0.137. The number of hydrogen-bond donors (Lipinski definition) is 1. The molecule has 1 aliphatic heterocycles. The Labute approximate surface area is 187 Å². The Morgan fingerprint density at radius 2 is 1.94 bits per heavy atom. The number of aromatic amines is 1. The number of hydrogen-bond acceptors (Lipinski definition) is 4. The molecule has 32 heavy (non-hydrogen) atoms. The van der Waals surface area contributed by atoms with Crippen molar-refractivity contribution in [1.82, 2.24) is 19.1 Å². The zero-order valence-electron chi connectivity index (χ0n) is 16.5. The van der Waals surface area contributed by atoms with Crippen molar-refractivity contribution >= 4 is 22.0 Å². The second kappa shape index (κ2) is 8.47. The molecule has 7 nitrogen and oxygen atoms in total. The quantitative estimate of drug-likeness (QED) is 0.564. The van der Waals surface area contributed by atoms with Gasteiger partial charge in [-0.3, -0.25) is 4.98 Å². The molecule has 2 atom stereocenters. The van der Waals surface area contributed by atoms with Gasteiger partial charge in [-0.25, -0.2) is 4.79 Å². The summed E-state index contributed by atoms with van der Waals surface area (Å²) >= 11 is 5.97. The first kappa shape index (κ1) is 22.7. The number of piperidine rings is 1. The number of nitrogens with one attached hydrogen (secondary N) is 1. The molecule has 1 fully saturated rings. The number of alkyl halides is 3. The molecule has 1 aliphatic rings. The minimum Gasteiger partial charge on any atom is -0.593 e. The maximum Gasteiger partial charge on any atom is 0.416 e. The summed E-state index contributed by atoms with van der Waals surface area (Å²) in [4.78, 5) is 14.6. The molecule has 1 N–H and O–H groups in total. The molecule has 0 aliphatic carbocycles. The van der Waals surface area contributed by atoms with E-state index in [-0.39, 0.29) is 13.1 Å². The van der Waals surface area contributed by atoms with Crippen LogP contribution in [0, 0.1) is 0 Å². The summed E-state index contributed by atoms with van der Waals surface area (Å²) < 4.78 is 67.4. The Balaban J connectivity index is 1.60. The van der Waals surface area contributed by atoms with Crippen molar-refractivity contribution < 1.29 is 21.9 Å². The molecule has 0 radical (unpaired) electrons. The molecule has 2 unspecified atom stereocenters. The summed E-state index contributed by atoms with van der Waals surface area (Å²) in [6.45, 7) is 0.148. The minimum absolute atomic E-state index is 0.0128. The van der Waals surface area contributed by atoms with E-state index in [2.05, 4.69) is 10.1 Å². The van der Waals surface area contributed by atoms with Gasteiger partial charge in [-0.1, -0.05) is 27.9 Å². The maximum atomic E-state index is 13.0. The molecule has 2 heterocycles. The summed E-state index contributed by atoms with van der Waals surface area (Å²) in [6, 6.07) is 10.2. The van der Waals surface area contributed by atoms with Crippen molar-refractivity contribution in [2.24, 2.45) is 0 Å². The predicted octanol–water partition coefficient (Wildman–Crippen LogP) is 4.02. The number of rotatable bonds is 4. The Morgan fingerprint density at radius 1 is 1.19 bits per heavy atom.